The molecule has 3 unspecified atom stereocenters. The summed E-state index contributed by atoms with van der Waals surface area (Å²) in [5, 5.41) is 11.9. The molecule has 2 fully saturated rings. The van der Waals surface area contributed by atoms with Crippen LogP contribution >= 0.6 is 11.3 Å². The fourth-order valence-corrected chi connectivity index (χ4v) is 6.31. The largest absolute Gasteiger partial charge is 0.375 e. The molecule has 9 nitrogen and oxygen atoms in total. The van der Waals surface area contributed by atoms with Gasteiger partial charge in [0.15, 0.2) is 0 Å². The van der Waals surface area contributed by atoms with Crippen LogP contribution in [-0.2, 0) is 20.9 Å². The number of carbonyl (C=O) groups is 2. The van der Waals surface area contributed by atoms with E-state index in [0.717, 1.165) is 52.3 Å². The highest BCUT2D eigenvalue weighted by atomic mass is 32.1. The lowest BCUT2D eigenvalue weighted by Crippen LogP contribution is -2.48. The van der Waals surface area contributed by atoms with Crippen LogP contribution in [0.25, 0.3) is 10.4 Å². The Morgan fingerprint density at radius 3 is 2.68 bits per heavy atom. The third-order valence-electron chi connectivity index (χ3n) is 7.76. The number of nitrogens with zero attached hydrogens (tertiary/aromatic N) is 5. The summed E-state index contributed by atoms with van der Waals surface area (Å²) in [4.78, 5) is 34.4. The maximum Gasteiger partial charge on any atom is 0.248 e. The van der Waals surface area contributed by atoms with Crippen LogP contribution in [0.1, 0.15) is 79.7 Å². The second kappa shape index (κ2) is 9.98. The van der Waals surface area contributed by atoms with Crippen molar-refractivity contribution in [3.05, 3.63) is 52.4 Å². The minimum atomic E-state index is -0.480. The SMILES string of the molecule is Cc1ncsc1-c1ccc(C(C)NC(=O)C2CCCN2C(=O)C2CCOCc3c(C4CC4)nnn32)cc1. The molecule has 2 aromatic heterocycles. The second-order valence-corrected chi connectivity index (χ2v) is 11.2. The van der Waals surface area contributed by atoms with Crippen LogP contribution < -0.4 is 5.32 Å². The molecule has 0 bridgehead atoms. The van der Waals surface area contributed by atoms with Gasteiger partial charge in [-0.2, -0.15) is 0 Å². The number of aromatic nitrogens is 4. The fourth-order valence-electron chi connectivity index (χ4n) is 5.49. The highest BCUT2D eigenvalue weighted by Gasteiger charge is 2.41. The number of rotatable bonds is 6. The summed E-state index contributed by atoms with van der Waals surface area (Å²) < 4.78 is 7.57. The highest BCUT2D eigenvalue weighted by molar-refractivity contribution is 7.13. The van der Waals surface area contributed by atoms with E-state index in [1.54, 1.807) is 20.9 Å². The highest BCUT2D eigenvalue weighted by Crippen LogP contribution is 2.41. The van der Waals surface area contributed by atoms with Crippen molar-refractivity contribution in [2.75, 3.05) is 13.2 Å². The third-order valence-corrected chi connectivity index (χ3v) is 8.73. The van der Waals surface area contributed by atoms with Gasteiger partial charge in [-0.05, 0) is 50.7 Å². The van der Waals surface area contributed by atoms with Crippen molar-refractivity contribution < 1.29 is 14.3 Å². The molecule has 2 amide bonds. The monoisotopic (exact) mass is 520 g/mol. The van der Waals surface area contributed by atoms with Crippen molar-refractivity contribution in [3.8, 4) is 10.4 Å². The van der Waals surface area contributed by atoms with E-state index in [4.69, 9.17) is 4.74 Å². The van der Waals surface area contributed by atoms with Gasteiger partial charge in [0, 0.05) is 25.5 Å². The molecule has 1 N–H and O–H groups in total. The maximum absolute atomic E-state index is 13.8. The molecule has 3 aliphatic rings. The normalized spacial score (nSPS) is 22.4. The summed E-state index contributed by atoms with van der Waals surface area (Å²) in [5.74, 6) is 0.268. The molecule has 194 valence electrons. The quantitative estimate of drug-likeness (QED) is 0.529. The molecule has 3 aromatic rings. The van der Waals surface area contributed by atoms with Crippen LogP contribution in [0.2, 0.25) is 0 Å². The van der Waals surface area contributed by atoms with Crippen LogP contribution in [0.3, 0.4) is 0 Å². The molecule has 3 atom stereocenters. The van der Waals surface area contributed by atoms with E-state index >= 15 is 0 Å². The molecule has 6 rings (SSSR count). The first-order valence-electron chi connectivity index (χ1n) is 13.1. The van der Waals surface area contributed by atoms with Gasteiger partial charge >= 0.3 is 0 Å². The lowest BCUT2D eigenvalue weighted by molar-refractivity contribution is -0.141. The zero-order chi connectivity index (χ0) is 25.5. The molecule has 0 spiro atoms. The summed E-state index contributed by atoms with van der Waals surface area (Å²) in [5.41, 5.74) is 6.92. The van der Waals surface area contributed by atoms with Gasteiger partial charge in [0.25, 0.3) is 0 Å². The molecule has 0 radical (unpaired) electrons. The molecule has 4 heterocycles. The Balaban J connectivity index is 1.14. The van der Waals surface area contributed by atoms with Crippen LogP contribution in [0, 0.1) is 6.92 Å². The van der Waals surface area contributed by atoms with E-state index in [1.807, 2.05) is 31.5 Å². The van der Waals surface area contributed by atoms with Gasteiger partial charge in [0.2, 0.25) is 11.8 Å². The van der Waals surface area contributed by atoms with Crippen molar-refractivity contribution in [1.82, 2.24) is 30.2 Å². The lowest BCUT2D eigenvalue weighted by atomic mass is 10.0. The number of likely N-dealkylation sites (tertiary alicyclic amines) is 1. The number of thiazole rings is 1. The Kier molecular flexibility index (Phi) is 6.54. The zero-order valence-electron chi connectivity index (χ0n) is 21.2. The summed E-state index contributed by atoms with van der Waals surface area (Å²) in [6.45, 7) is 5.49. The standard InChI is InChI=1S/C27H32N6O3S/c1-16(18-5-9-20(10-6-18)25-17(2)28-15-37-25)29-26(34)21-4-3-12-32(21)27(35)22-11-13-36-14-23-24(19-7-8-19)30-31-33(22)23/h5-6,9-10,15-16,19,21-22H,3-4,7-8,11-14H2,1-2H3,(H,29,34). The summed E-state index contributed by atoms with van der Waals surface area (Å²) >= 11 is 1.63. The number of ether oxygens (including phenoxy) is 1. The third kappa shape index (κ3) is 4.68. The molecule has 1 saturated heterocycles. The van der Waals surface area contributed by atoms with E-state index in [9.17, 15) is 9.59 Å². The van der Waals surface area contributed by atoms with Crippen LogP contribution in [0.15, 0.2) is 29.8 Å². The first-order chi connectivity index (χ1) is 18.0. The van der Waals surface area contributed by atoms with Crippen molar-refractivity contribution >= 4 is 23.2 Å². The lowest BCUT2D eigenvalue weighted by Gasteiger charge is -2.29. The number of carbonyl (C=O) groups excluding carboxylic acids is 2. The first kappa shape index (κ1) is 24.2. The van der Waals surface area contributed by atoms with E-state index in [-0.39, 0.29) is 17.9 Å². The Bertz CT molecular complexity index is 1300. The van der Waals surface area contributed by atoms with Crippen molar-refractivity contribution in [2.45, 2.75) is 76.6 Å². The van der Waals surface area contributed by atoms with Gasteiger partial charge in [0.1, 0.15) is 12.1 Å². The van der Waals surface area contributed by atoms with Gasteiger partial charge in [-0.15, -0.1) is 16.4 Å². The smallest absolute Gasteiger partial charge is 0.248 e. The Morgan fingerprint density at radius 1 is 1.14 bits per heavy atom. The molecule has 1 aromatic carbocycles. The predicted molar refractivity (Wildman–Crippen MR) is 139 cm³/mol. The van der Waals surface area contributed by atoms with Crippen molar-refractivity contribution in [3.63, 3.8) is 0 Å². The Labute approximate surface area is 220 Å². The Morgan fingerprint density at radius 2 is 1.95 bits per heavy atom. The molecular formula is C27H32N6O3S. The van der Waals surface area contributed by atoms with Gasteiger partial charge in [-0.3, -0.25) is 9.59 Å². The molecular weight excluding hydrogens is 488 g/mol. The minimum Gasteiger partial charge on any atom is -0.375 e. The van der Waals surface area contributed by atoms with Crippen LogP contribution in [0.4, 0.5) is 0 Å². The molecule has 1 saturated carbocycles. The molecule has 1 aliphatic carbocycles. The van der Waals surface area contributed by atoms with Gasteiger partial charge in [-0.25, -0.2) is 9.67 Å². The Hall–Kier alpha value is -3.11. The van der Waals surface area contributed by atoms with E-state index in [2.05, 4.69) is 32.7 Å². The average Bonchev–Trinajstić information content (AvgIpc) is 3.32. The summed E-state index contributed by atoms with van der Waals surface area (Å²) in [7, 11) is 0. The summed E-state index contributed by atoms with van der Waals surface area (Å²) in [6.07, 6.45) is 4.23. The van der Waals surface area contributed by atoms with Gasteiger partial charge in [-0.1, -0.05) is 29.5 Å². The number of nitrogens with one attached hydrogen (secondary N) is 1. The predicted octanol–water partition coefficient (Wildman–Crippen LogP) is 3.92. The van der Waals surface area contributed by atoms with Crippen LogP contribution in [0.5, 0.6) is 0 Å². The fraction of sp³-hybridized carbons (Fsp3) is 0.519. The number of amides is 2. The zero-order valence-corrected chi connectivity index (χ0v) is 22.0. The van der Waals surface area contributed by atoms with Crippen LogP contribution in [-0.4, -0.2) is 55.9 Å². The second-order valence-electron chi connectivity index (χ2n) is 10.3. The van der Waals surface area contributed by atoms with E-state index < -0.39 is 12.1 Å². The van der Waals surface area contributed by atoms with Crippen molar-refractivity contribution in [2.24, 2.45) is 0 Å². The van der Waals surface area contributed by atoms with Gasteiger partial charge < -0.3 is 15.0 Å². The van der Waals surface area contributed by atoms with E-state index in [1.165, 1.54) is 0 Å². The number of hydrogen-bond donors (Lipinski definition) is 1. The van der Waals surface area contributed by atoms with Crippen molar-refractivity contribution in [1.29, 1.82) is 0 Å². The van der Waals surface area contributed by atoms with E-state index in [0.29, 0.717) is 38.5 Å². The molecule has 37 heavy (non-hydrogen) atoms. The maximum atomic E-state index is 13.8. The average molecular weight is 521 g/mol. The number of hydrogen-bond acceptors (Lipinski definition) is 7. The number of fused-ring (bicyclic) bond motifs is 1. The number of benzene rings is 1. The molecule has 10 heteroatoms. The summed E-state index contributed by atoms with van der Waals surface area (Å²) in [6, 6.07) is 7.11. The minimum absolute atomic E-state index is 0.0615. The molecule has 2 aliphatic heterocycles. The number of aryl methyl sites for hydroxylation is 1. The first-order valence-corrected chi connectivity index (χ1v) is 14.0. The topological polar surface area (TPSA) is 102 Å². The van der Waals surface area contributed by atoms with Gasteiger partial charge in [0.05, 0.1) is 40.1 Å².